The Morgan fingerprint density at radius 2 is 2.09 bits per heavy atom. The van der Waals surface area contributed by atoms with Gasteiger partial charge in [0.15, 0.2) is 0 Å². The van der Waals surface area contributed by atoms with Crippen molar-refractivity contribution in [1.82, 2.24) is 9.55 Å². The van der Waals surface area contributed by atoms with Crippen LogP contribution < -0.4 is 5.69 Å². The van der Waals surface area contributed by atoms with Crippen LogP contribution in [0.2, 0.25) is 0 Å². The quantitative estimate of drug-likeness (QED) is 0.623. The molecule has 0 bridgehead atoms. The van der Waals surface area contributed by atoms with Gasteiger partial charge in [-0.05, 0) is 5.92 Å². The molecule has 0 spiro atoms. The molecule has 0 aliphatic heterocycles. The molecule has 0 fully saturated rings. The van der Waals surface area contributed by atoms with Gasteiger partial charge in [0, 0.05) is 7.05 Å². The third-order valence-corrected chi connectivity index (χ3v) is 1.68. The number of hydrogen-bond acceptors (Lipinski definition) is 2. The smallest absolute Gasteiger partial charge is 0.328 e. The SMILES string of the molecule is CC(C)c1[nH]c(=O)n(C)c1O. The molecule has 0 atom stereocenters. The van der Waals surface area contributed by atoms with Crippen molar-refractivity contribution in [1.29, 1.82) is 0 Å². The molecule has 0 saturated heterocycles. The van der Waals surface area contributed by atoms with E-state index < -0.39 is 0 Å². The number of aromatic hydroxyl groups is 1. The zero-order valence-corrected chi connectivity index (χ0v) is 6.88. The summed E-state index contributed by atoms with van der Waals surface area (Å²) in [6.45, 7) is 3.82. The summed E-state index contributed by atoms with van der Waals surface area (Å²) in [5.41, 5.74) is 0.323. The summed E-state index contributed by atoms with van der Waals surface area (Å²) in [6, 6.07) is 0. The minimum Gasteiger partial charge on any atom is -0.493 e. The Labute approximate surface area is 64.5 Å². The summed E-state index contributed by atoms with van der Waals surface area (Å²) in [7, 11) is 1.53. The third kappa shape index (κ3) is 1.15. The molecule has 11 heavy (non-hydrogen) atoms. The summed E-state index contributed by atoms with van der Waals surface area (Å²) in [5, 5.41) is 9.32. The number of hydrogen-bond donors (Lipinski definition) is 2. The summed E-state index contributed by atoms with van der Waals surface area (Å²) in [6.07, 6.45) is 0. The predicted octanol–water partition coefficient (Wildman–Crippen LogP) is 0.542. The normalized spacial score (nSPS) is 10.9. The van der Waals surface area contributed by atoms with Gasteiger partial charge in [-0.3, -0.25) is 4.57 Å². The topological polar surface area (TPSA) is 58.0 Å². The van der Waals surface area contributed by atoms with E-state index in [1.165, 1.54) is 11.6 Å². The Kier molecular flexibility index (Phi) is 1.76. The van der Waals surface area contributed by atoms with Gasteiger partial charge in [0.1, 0.15) is 0 Å². The molecule has 1 aromatic heterocycles. The van der Waals surface area contributed by atoms with E-state index in [-0.39, 0.29) is 17.5 Å². The summed E-state index contributed by atoms with van der Waals surface area (Å²) < 4.78 is 1.19. The van der Waals surface area contributed by atoms with Gasteiger partial charge in [-0.2, -0.15) is 0 Å². The van der Waals surface area contributed by atoms with Crippen LogP contribution >= 0.6 is 0 Å². The molecule has 4 heteroatoms. The van der Waals surface area contributed by atoms with E-state index in [1.807, 2.05) is 13.8 Å². The van der Waals surface area contributed by atoms with Gasteiger partial charge in [0.05, 0.1) is 5.69 Å². The van der Waals surface area contributed by atoms with Crippen molar-refractivity contribution in [3.63, 3.8) is 0 Å². The summed E-state index contributed by atoms with van der Waals surface area (Å²) >= 11 is 0. The van der Waals surface area contributed by atoms with Crippen molar-refractivity contribution in [2.45, 2.75) is 19.8 Å². The van der Waals surface area contributed by atoms with Gasteiger partial charge in [0.25, 0.3) is 0 Å². The predicted molar refractivity (Wildman–Crippen MR) is 41.8 cm³/mol. The highest BCUT2D eigenvalue weighted by Gasteiger charge is 2.11. The van der Waals surface area contributed by atoms with E-state index in [0.717, 1.165) is 0 Å². The lowest BCUT2D eigenvalue weighted by Gasteiger charge is -2.00. The van der Waals surface area contributed by atoms with Crippen molar-refractivity contribution < 1.29 is 5.11 Å². The molecule has 2 N–H and O–H groups in total. The molecule has 0 aromatic carbocycles. The van der Waals surface area contributed by atoms with Crippen molar-refractivity contribution in [3.8, 4) is 5.88 Å². The average Bonchev–Trinajstić information content (AvgIpc) is 2.17. The van der Waals surface area contributed by atoms with Crippen molar-refractivity contribution in [2.75, 3.05) is 0 Å². The minimum absolute atomic E-state index is 0.0324. The second-order valence-electron chi connectivity index (χ2n) is 2.88. The Bertz CT molecular complexity index is 309. The summed E-state index contributed by atoms with van der Waals surface area (Å²) in [5.74, 6) is 0.175. The standard InChI is InChI=1S/C7H12N2O2/c1-4(2)5-6(10)9(3)7(11)8-5/h4,10H,1-3H3,(H,8,11). The molecular formula is C7H12N2O2. The first kappa shape index (κ1) is 7.91. The largest absolute Gasteiger partial charge is 0.493 e. The molecule has 0 amide bonds. The van der Waals surface area contributed by atoms with Gasteiger partial charge in [-0.15, -0.1) is 0 Å². The maximum absolute atomic E-state index is 10.9. The first-order valence-electron chi connectivity index (χ1n) is 3.52. The van der Waals surface area contributed by atoms with E-state index in [1.54, 1.807) is 0 Å². The van der Waals surface area contributed by atoms with Crippen LogP contribution in [0.5, 0.6) is 5.88 Å². The molecule has 0 aliphatic carbocycles. The highest BCUT2D eigenvalue weighted by molar-refractivity contribution is 5.20. The molecular weight excluding hydrogens is 144 g/mol. The number of nitrogens with one attached hydrogen (secondary N) is 1. The van der Waals surface area contributed by atoms with Gasteiger partial charge in [0.2, 0.25) is 5.88 Å². The van der Waals surface area contributed by atoms with Gasteiger partial charge >= 0.3 is 5.69 Å². The fourth-order valence-electron chi connectivity index (χ4n) is 0.934. The van der Waals surface area contributed by atoms with Crippen molar-refractivity contribution in [3.05, 3.63) is 16.2 Å². The lowest BCUT2D eigenvalue weighted by Crippen LogP contribution is -2.11. The maximum atomic E-state index is 10.9. The zero-order chi connectivity index (χ0) is 8.59. The van der Waals surface area contributed by atoms with Gasteiger partial charge in [-0.25, -0.2) is 4.79 Å². The maximum Gasteiger partial charge on any atom is 0.328 e. The Balaban J connectivity index is 3.30. The number of H-pyrrole nitrogens is 1. The van der Waals surface area contributed by atoms with Crippen LogP contribution in [0.3, 0.4) is 0 Å². The number of nitrogens with zero attached hydrogens (tertiary/aromatic N) is 1. The van der Waals surface area contributed by atoms with Crippen LogP contribution in [-0.2, 0) is 7.05 Å². The first-order chi connectivity index (χ1) is 5.04. The van der Waals surface area contributed by atoms with Crippen LogP contribution in [0.1, 0.15) is 25.5 Å². The number of rotatable bonds is 1. The van der Waals surface area contributed by atoms with E-state index in [9.17, 15) is 9.90 Å². The van der Waals surface area contributed by atoms with E-state index in [0.29, 0.717) is 5.69 Å². The van der Waals surface area contributed by atoms with Gasteiger partial charge < -0.3 is 10.1 Å². The third-order valence-electron chi connectivity index (χ3n) is 1.68. The zero-order valence-electron chi connectivity index (χ0n) is 6.88. The molecule has 0 aliphatic rings. The molecule has 0 radical (unpaired) electrons. The molecule has 1 heterocycles. The van der Waals surface area contributed by atoms with Crippen LogP contribution in [0.4, 0.5) is 0 Å². The van der Waals surface area contributed by atoms with Crippen LogP contribution in [-0.4, -0.2) is 14.7 Å². The van der Waals surface area contributed by atoms with Crippen molar-refractivity contribution in [2.24, 2.45) is 7.05 Å². The van der Waals surface area contributed by atoms with E-state index >= 15 is 0 Å². The number of aromatic nitrogens is 2. The second-order valence-corrected chi connectivity index (χ2v) is 2.88. The highest BCUT2D eigenvalue weighted by atomic mass is 16.3. The average molecular weight is 156 g/mol. The van der Waals surface area contributed by atoms with Crippen LogP contribution in [0.25, 0.3) is 0 Å². The van der Waals surface area contributed by atoms with E-state index in [2.05, 4.69) is 4.98 Å². The van der Waals surface area contributed by atoms with Crippen LogP contribution in [0.15, 0.2) is 4.79 Å². The Morgan fingerprint density at radius 3 is 2.27 bits per heavy atom. The minimum atomic E-state index is -0.272. The molecule has 62 valence electrons. The molecule has 0 saturated carbocycles. The number of imidazole rings is 1. The molecule has 1 rings (SSSR count). The fourth-order valence-corrected chi connectivity index (χ4v) is 0.934. The highest BCUT2D eigenvalue weighted by Crippen LogP contribution is 2.19. The lowest BCUT2D eigenvalue weighted by atomic mass is 10.1. The van der Waals surface area contributed by atoms with Crippen molar-refractivity contribution >= 4 is 0 Å². The fraction of sp³-hybridized carbons (Fsp3) is 0.571. The monoisotopic (exact) mass is 156 g/mol. The summed E-state index contributed by atoms with van der Waals surface area (Å²) in [4.78, 5) is 13.5. The second kappa shape index (κ2) is 2.45. The number of aromatic amines is 1. The molecule has 0 unspecified atom stereocenters. The Morgan fingerprint density at radius 1 is 1.55 bits per heavy atom. The van der Waals surface area contributed by atoms with Crippen LogP contribution in [0, 0.1) is 0 Å². The Hall–Kier alpha value is -1.19. The lowest BCUT2D eigenvalue weighted by molar-refractivity contribution is 0.420. The first-order valence-corrected chi connectivity index (χ1v) is 3.52. The van der Waals surface area contributed by atoms with E-state index in [4.69, 9.17) is 0 Å². The molecule has 4 nitrogen and oxygen atoms in total. The molecule has 1 aromatic rings. The van der Waals surface area contributed by atoms with Gasteiger partial charge in [-0.1, -0.05) is 13.8 Å².